The second-order valence-corrected chi connectivity index (χ2v) is 4.80. The summed E-state index contributed by atoms with van der Waals surface area (Å²) in [5.74, 6) is 0.668. The molecule has 1 saturated heterocycles. The standard InChI is InChI=1S/C14H16O3/c1-10-2-3-12-11(8-10)9-13(17-12)14(15)4-6-16-7-5-14/h2-3,8-9,15H,4-7H2,1H3. The largest absolute Gasteiger partial charge is 0.458 e. The Morgan fingerprint density at radius 3 is 2.71 bits per heavy atom. The predicted octanol–water partition coefficient (Wildman–Crippen LogP) is 2.74. The molecule has 0 bridgehead atoms. The van der Waals surface area contributed by atoms with Gasteiger partial charge in [0.25, 0.3) is 0 Å². The van der Waals surface area contributed by atoms with Gasteiger partial charge in [-0.15, -0.1) is 0 Å². The fraction of sp³-hybridized carbons (Fsp3) is 0.429. The summed E-state index contributed by atoms with van der Waals surface area (Å²) in [5, 5.41) is 11.6. The molecule has 3 nitrogen and oxygen atoms in total. The van der Waals surface area contributed by atoms with E-state index >= 15 is 0 Å². The van der Waals surface area contributed by atoms with Crippen molar-refractivity contribution >= 4 is 11.0 Å². The van der Waals surface area contributed by atoms with Gasteiger partial charge in [-0.2, -0.15) is 0 Å². The van der Waals surface area contributed by atoms with Crippen LogP contribution in [0, 0.1) is 6.92 Å². The minimum absolute atomic E-state index is 0.590. The van der Waals surface area contributed by atoms with Crippen molar-refractivity contribution in [3.8, 4) is 0 Å². The number of hydrogen-bond acceptors (Lipinski definition) is 3. The average molecular weight is 232 g/mol. The summed E-state index contributed by atoms with van der Waals surface area (Å²) in [5.41, 5.74) is 1.18. The van der Waals surface area contributed by atoms with E-state index in [1.807, 2.05) is 18.2 Å². The number of ether oxygens (including phenoxy) is 1. The third-order valence-corrected chi connectivity index (χ3v) is 3.45. The zero-order valence-corrected chi connectivity index (χ0v) is 9.90. The van der Waals surface area contributed by atoms with Crippen LogP contribution in [0.5, 0.6) is 0 Å². The van der Waals surface area contributed by atoms with E-state index in [0.717, 1.165) is 11.0 Å². The highest BCUT2D eigenvalue weighted by molar-refractivity contribution is 5.78. The Morgan fingerprint density at radius 1 is 1.18 bits per heavy atom. The van der Waals surface area contributed by atoms with Crippen molar-refractivity contribution in [2.45, 2.75) is 25.4 Å². The average Bonchev–Trinajstić information content (AvgIpc) is 2.73. The molecule has 1 aliphatic rings. The Kier molecular flexibility index (Phi) is 2.45. The maximum Gasteiger partial charge on any atom is 0.137 e. The summed E-state index contributed by atoms with van der Waals surface area (Å²) in [4.78, 5) is 0. The van der Waals surface area contributed by atoms with Crippen molar-refractivity contribution in [1.82, 2.24) is 0 Å². The molecule has 3 heteroatoms. The second-order valence-electron chi connectivity index (χ2n) is 4.80. The zero-order valence-electron chi connectivity index (χ0n) is 9.90. The second kappa shape index (κ2) is 3.86. The highest BCUT2D eigenvalue weighted by Gasteiger charge is 2.35. The molecule has 1 fully saturated rings. The van der Waals surface area contributed by atoms with Gasteiger partial charge in [-0.25, -0.2) is 0 Å². The fourth-order valence-corrected chi connectivity index (χ4v) is 2.35. The van der Waals surface area contributed by atoms with Gasteiger partial charge in [-0.1, -0.05) is 11.6 Å². The van der Waals surface area contributed by atoms with Crippen LogP contribution in [-0.2, 0) is 10.3 Å². The quantitative estimate of drug-likeness (QED) is 0.822. The van der Waals surface area contributed by atoms with Gasteiger partial charge >= 0.3 is 0 Å². The van der Waals surface area contributed by atoms with E-state index < -0.39 is 5.60 Å². The van der Waals surface area contributed by atoms with Crippen LogP contribution in [0.25, 0.3) is 11.0 Å². The van der Waals surface area contributed by atoms with Gasteiger partial charge in [0, 0.05) is 31.4 Å². The monoisotopic (exact) mass is 232 g/mol. The highest BCUT2D eigenvalue weighted by Crippen LogP contribution is 2.35. The van der Waals surface area contributed by atoms with Gasteiger partial charge in [-0.05, 0) is 25.1 Å². The van der Waals surface area contributed by atoms with Crippen molar-refractivity contribution in [3.63, 3.8) is 0 Å². The minimum atomic E-state index is -0.856. The molecule has 0 aliphatic carbocycles. The van der Waals surface area contributed by atoms with E-state index in [1.54, 1.807) is 0 Å². The highest BCUT2D eigenvalue weighted by atomic mass is 16.5. The molecular formula is C14H16O3. The summed E-state index contributed by atoms with van der Waals surface area (Å²) in [7, 11) is 0. The smallest absolute Gasteiger partial charge is 0.137 e. The van der Waals surface area contributed by atoms with Crippen LogP contribution in [0.3, 0.4) is 0 Å². The molecule has 0 radical (unpaired) electrons. The number of aryl methyl sites for hydroxylation is 1. The summed E-state index contributed by atoms with van der Waals surface area (Å²) in [6, 6.07) is 8.00. The molecule has 0 saturated carbocycles. The van der Waals surface area contributed by atoms with E-state index in [-0.39, 0.29) is 0 Å². The first-order chi connectivity index (χ1) is 8.17. The third-order valence-electron chi connectivity index (χ3n) is 3.45. The summed E-state index contributed by atoms with van der Waals surface area (Å²) in [6.07, 6.45) is 1.21. The third kappa shape index (κ3) is 1.85. The number of hydrogen-bond donors (Lipinski definition) is 1. The Balaban J connectivity index is 2.05. The molecule has 1 aromatic carbocycles. The molecule has 0 spiro atoms. The van der Waals surface area contributed by atoms with Gasteiger partial charge < -0.3 is 14.3 Å². The van der Waals surface area contributed by atoms with Crippen LogP contribution in [0.1, 0.15) is 24.2 Å². The Hall–Kier alpha value is -1.32. The molecule has 2 heterocycles. The van der Waals surface area contributed by atoms with E-state index in [9.17, 15) is 5.11 Å². The molecule has 17 heavy (non-hydrogen) atoms. The Labute approximate surface area is 100.0 Å². The lowest BCUT2D eigenvalue weighted by Crippen LogP contribution is -2.32. The first kappa shape index (κ1) is 10.8. The molecule has 2 aromatic rings. The fourth-order valence-electron chi connectivity index (χ4n) is 2.35. The summed E-state index contributed by atoms with van der Waals surface area (Å²) >= 11 is 0. The summed E-state index contributed by atoms with van der Waals surface area (Å²) in [6.45, 7) is 3.23. The van der Waals surface area contributed by atoms with Gasteiger partial charge in [0.2, 0.25) is 0 Å². The number of benzene rings is 1. The van der Waals surface area contributed by atoms with Crippen LogP contribution in [-0.4, -0.2) is 18.3 Å². The Morgan fingerprint density at radius 2 is 1.94 bits per heavy atom. The number of aliphatic hydroxyl groups is 1. The van der Waals surface area contributed by atoms with E-state index in [4.69, 9.17) is 9.15 Å². The van der Waals surface area contributed by atoms with Gasteiger partial charge in [0.15, 0.2) is 0 Å². The van der Waals surface area contributed by atoms with E-state index in [1.165, 1.54) is 5.56 Å². The lowest BCUT2D eigenvalue weighted by molar-refractivity contribution is -0.0793. The molecule has 1 aliphatic heterocycles. The van der Waals surface area contributed by atoms with Crippen molar-refractivity contribution < 1.29 is 14.3 Å². The molecule has 0 atom stereocenters. The van der Waals surface area contributed by atoms with E-state index in [2.05, 4.69) is 13.0 Å². The van der Waals surface area contributed by atoms with Crippen LogP contribution in [0.15, 0.2) is 28.7 Å². The van der Waals surface area contributed by atoms with Crippen LogP contribution in [0.2, 0.25) is 0 Å². The van der Waals surface area contributed by atoms with Gasteiger partial charge in [0.05, 0.1) is 0 Å². The van der Waals surface area contributed by atoms with Crippen LogP contribution in [0.4, 0.5) is 0 Å². The first-order valence-corrected chi connectivity index (χ1v) is 5.98. The molecule has 0 amide bonds. The molecule has 90 valence electrons. The number of fused-ring (bicyclic) bond motifs is 1. The molecule has 0 unspecified atom stereocenters. The van der Waals surface area contributed by atoms with Crippen molar-refractivity contribution in [2.75, 3.05) is 13.2 Å². The molecule has 1 N–H and O–H groups in total. The molecular weight excluding hydrogens is 216 g/mol. The van der Waals surface area contributed by atoms with Crippen molar-refractivity contribution in [2.24, 2.45) is 0 Å². The number of rotatable bonds is 1. The van der Waals surface area contributed by atoms with Gasteiger partial charge in [0.1, 0.15) is 16.9 Å². The maximum absolute atomic E-state index is 10.5. The first-order valence-electron chi connectivity index (χ1n) is 5.98. The predicted molar refractivity (Wildman–Crippen MR) is 64.9 cm³/mol. The SMILES string of the molecule is Cc1ccc2oc(C3(O)CCOCC3)cc2c1. The lowest BCUT2D eigenvalue weighted by atomic mass is 9.91. The van der Waals surface area contributed by atoms with Crippen molar-refractivity contribution in [3.05, 3.63) is 35.6 Å². The van der Waals surface area contributed by atoms with Crippen LogP contribution < -0.4 is 0 Å². The molecule has 3 rings (SSSR count). The lowest BCUT2D eigenvalue weighted by Gasteiger charge is -2.29. The summed E-state index contributed by atoms with van der Waals surface area (Å²) < 4.78 is 11.0. The Bertz CT molecular complexity index is 535. The normalized spacial score (nSPS) is 19.6. The van der Waals surface area contributed by atoms with Crippen molar-refractivity contribution in [1.29, 1.82) is 0 Å². The van der Waals surface area contributed by atoms with Crippen LogP contribution >= 0.6 is 0 Å². The maximum atomic E-state index is 10.5. The van der Waals surface area contributed by atoms with Gasteiger partial charge in [-0.3, -0.25) is 0 Å². The minimum Gasteiger partial charge on any atom is -0.458 e. The zero-order chi connectivity index (χ0) is 11.9. The van der Waals surface area contributed by atoms with E-state index in [0.29, 0.717) is 31.8 Å². The number of furan rings is 1. The molecule has 1 aromatic heterocycles. The topological polar surface area (TPSA) is 42.6 Å².